The number of aromatic nitrogens is 1. The zero-order valence-electron chi connectivity index (χ0n) is 16.6. The average Bonchev–Trinajstić information content (AvgIpc) is 2.97. The van der Waals surface area contributed by atoms with Crippen LogP contribution < -0.4 is 10.1 Å². The van der Waals surface area contributed by atoms with Crippen molar-refractivity contribution in [3.05, 3.63) is 52.8 Å². The van der Waals surface area contributed by atoms with Crippen LogP contribution in [-0.2, 0) is 16.1 Å². The largest absolute Gasteiger partial charge is 0.497 e. The zero-order chi connectivity index (χ0) is 22.5. The van der Waals surface area contributed by atoms with E-state index in [1.165, 1.54) is 39.2 Å². The molecule has 30 heavy (non-hydrogen) atoms. The number of esters is 1. The molecule has 7 nitrogen and oxygen atoms in total. The molecule has 0 spiro atoms. The number of benzene rings is 1. The van der Waals surface area contributed by atoms with Gasteiger partial charge in [0.25, 0.3) is 5.91 Å². The summed E-state index contributed by atoms with van der Waals surface area (Å²) in [5, 5.41) is 2.36. The molecule has 10 heteroatoms. The number of rotatable bonds is 8. The Kier molecular flexibility index (Phi) is 7.25. The van der Waals surface area contributed by atoms with Crippen LogP contribution in [0.3, 0.4) is 0 Å². The Morgan fingerprint density at radius 1 is 1.10 bits per heavy atom. The highest BCUT2D eigenvalue weighted by atomic mass is 19.4. The van der Waals surface area contributed by atoms with Gasteiger partial charge in [-0.2, -0.15) is 13.2 Å². The third-order valence-electron chi connectivity index (χ3n) is 4.32. The molecular weight excluding hydrogens is 405 g/mol. The maximum Gasteiger partial charge on any atom is 0.406 e. The van der Waals surface area contributed by atoms with E-state index in [4.69, 9.17) is 9.47 Å². The smallest absolute Gasteiger partial charge is 0.406 e. The van der Waals surface area contributed by atoms with Crippen LogP contribution in [0, 0.1) is 13.8 Å². The Morgan fingerprint density at radius 2 is 1.73 bits per heavy atom. The maximum atomic E-state index is 12.7. The predicted molar refractivity (Wildman–Crippen MR) is 101 cm³/mol. The molecule has 0 unspecified atom stereocenters. The first kappa shape index (κ1) is 23.0. The van der Waals surface area contributed by atoms with Crippen LogP contribution in [0.5, 0.6) is 5.75 Å². The van der Waals surface area contributed by atoms with Crippen LogP contribution in [-0.4, -0.2) is 48.7 Å². The number of hydrogen-bond acceptors (Lipinski definition) is 5. The van der Waals surface area contributed by atoms with Crippen molar-refractivity contribution in [2.24, 2.45) is 0 Å². The summed E-state index contributed by atoms with van der Waals surface area (Å²) in [6.45, 7) is 0.521. The summed E-state index contributed by atoms with van der Waals surface area (Å²) in [7, 11) is 1.49. The van der Waals surface area contributed by atoms with Gasteiger partial charge in [0.1, 0.15) is 18.8 Å². The monoisotopic (exact) mass is 426 g/mol. The molecule has 1 amide bonds. The molecule has 2 rings (SSSR count). The number of ether oxygens (including phenoxy) is 2. The zero-order valence-corrected chi connectivity index (χ0v) is 16.6. The van der Waals surface area contributed by atoms with Gasteiger partial charge in [-0.05, 0) is 44.2 Å². The van der Waals surface area contributed by atoms with Gasteiger partial charge in [-0.1, -0.05) is 0 Å². The van der Waals surface area contributed by atoms with Gasteiger partial charge in [0.15, 0.2) is 6.61 Å². The lowest BCUT2D eigenvalue weighted by molar-refractivity contribution is -0.141. The van der Waals surface area contributed by atoms with Crippen LogP contribution in [0.4, 0.5) is 13.2 Å². The Labute approximate surface area is 170 Å². The molecule has 1 N–H and O–H groups in total. The fourth-order valence-electron chi connectivity index (χ4n) is 2.78. The van der Waals surface area contributed by atoms with Crippen LogP contribution in [0.1, 0.15) is 32.1 Å². The Balaban J connectivity index is 1.88. The number of carbonyl (C=O) groups is 3. The lowest BCUT2D eigenvalue weighted by Crippen LogP contribution is -2.31. The normalized spacial score (nSPS) is 11.1. The van der Waals surface area contributed by atoms with E-state index in [9.17, 15) is 27.6 Å². The number of nitrogens with zero attached hydrogens (tertiary/aromatic N) is 1. The number of Topliss-reactive ketones (excluding diaryl/α,β-unsaturated/α-hetero) is 1. The van der Waals surface area contributed by atoms with Gasteiger partial charge in [-0.25, -0.2) is 0 Å². The number of alkyl halides is 3. The number of hydrogen-bond donors (Lipinski definition) is 1. The third-order valence-corrected chi connectivity index (χ3v) is 4.32. The van der Waals surface area contributed by atoms with Crippen LogP contribution in [0.2, 0.25) is 0 Å². The fourth-order valence-corrected chi connectivity index (χ4v) is 2.78. The van der Waals surface area contributed by atoms with Crippen molar-refractivity contribution >= 4 is 17.7 Å². The lowest BCUT2D eigenvalue weighted by Gasteiger charge is -2.12. The number of halogens is 3. The SMILES string of the molecule is COc1ccc(C(=O)NCC(=O)OCC(=O)c2cc(C)n(CC(F)(F)F)c2C)cc1. The molecule has 1 heterocycles. The van der Waals surface area contributed by atoms with E-state index in [0.717, 1.165) is 4.57 Å². The predicted octanol–water partition coefficient (Wildman–Crippen LogP) is 2.83. The second kappa shape index (κ2) is 9.47. The number of aryl methyl sites for hydroxylation is 1. The summed E-state index contributed by atoms with van der Waals surface area (Å²) in [4.78, 5) is 36.0. The van der Waals surface area contributed by atoms with Gasteiger partial charge in [0, 0.05) is 22.5 Å². The topological polar surface area (TPSA) is 86.6 Å². The van der Waals surface area contributed by atoms with Crippen molar-refractivity contribution in [1.82, 2.24) is 9.88 Å². The van der Waals surface area contributed by atoms with Crippen molar-refractivity contribution in [3.63, 3.8) is 0 Å². The Bertz CT molecular complexity index is 933. The standard InChI is InChI=1S/C20H21F3N2O5/c1-12-8-16(13(2)25(12)11-20(21,22)23)17(26)10-30-18(27)9-24-19(28)14-4-6-15(29-3)7-5-14/h4-8H,9-11H2,1-3H3,(H,24,28). The van der Waals surface area contributed by atoms with Gasteiger partial charge < -0.3 is 19.4 Å². The highest BCUT2D eigenvalue weighted by Crippen LogP contribution is 2.23. The van der Waals surface area contributed by atoms with E-state index in [0.29, 0.717) is 11.3 Å². The maximum absolute atomic E-state index is 12.7. The minimum atomic E-state index is -4.43. The molecule has 0 aliphatic heterocycles. The van der Waals surface area contributed by atoms with Gasteiger partial charge in [-0.3, -0.25) is 14.4 Å². The number of methoxy groups -OCH3 is 1. The van der Waals surface area contributed by atoms with Gasteiger partial charge >= 0.3 is 12.1 Å². The summed E-state index contributed by atoms with van der Waals surface area (Å²) >= 11 is 0. The summed E-state index contributed by atoms with van der Waals surface area (Å²) < 4.78 is 48.8. The van der Waals surface area contributed by atoms with E-state index >= 15 is 0 Å². The van der Waals surface area contributed by atoms with Gasteiger partial charge in [0.2, 0.25) is 5.78 Å². The molecule has 0 radical (unpaired) electrons. The molecular formula is C20H21F3N2O5. The molecule has 2 aromatic rings. The first-order chi connectivity index (χ1) is 14.0. The summed E-state index contributed by atoms with van der Waals surface area (Å²) in [6, 6.07) is 7.52. The van der Waals surface area contributed by atoms with Crippen molar-refractivity contribution in [2.75, 3.05) is 20.3 Å². The minimum absolute atomic E-state index is 0.0480. The fraction of sp³-hybridized carbons (Fsp3) is 0.350. The van der Waals surface area contributed by atoms with E-state index in [-0.39, 0.29) is 17.0 Å². The van der Waals surface area contributed by atoms with Crippen LogP contribution in [0.25, 0.3) is 0 Å². The number of nitrogens with one attached hydrogen (secondary N) is 1. The molecule has 0 atom stereocenters. The molecule has 0 saturated heterocycles. The molecule has 0 aliphatic carbocycles. The molecule has 1 aromatic carbocycles. The highest BCUT2D eigenvalue weighted by molar-refractivity contribution is 6.00. The van der Waals surface area contributed by atoms with Crippen molar-refractivity contribution < 1.29 is 37.0 Å². The number of carbonyl (C=O) groups excluding carboxylic acids is 3. The number of amides is 1. The summed E-state index contributed by atoms with van der Waals surface area (Å²) in [6.07, 6.45) is -4.43. The summed E-state index contributed by atoms with van der Waals surface area (Å²) in [5.41, 5.74) is 0.758. The summed E-state index contributed by atoms with van der Waals surface area (Å²) in [5.74, 6) is -1.43. The average molecular weight is 426 g/mol. The highest BCUT2D eigenvalue weighted by Gasteiger charge is 2.30. The quantitative estimate of drug-likeness (QED) is 0.518. The van der Waals surface area contributed by atoms with Crippen LogP contribution in [0.15, 0.2) is 30.3 Å². The minimum Gasteiger partial charge on any atom is -0.497 e. The molecule has 0 aliphatic rings. The van der Waals surface area contributed by atoms with E-state index in [1.807, 2.05) is 0 Å². The van der Waals surface area contributed by atoms with E-state index < -0.39 is 43.5 Å². The van der Waals surface area contributed by atoms with Crippen LogP contribution >= 0.6 is 0 Å². The number of ketones is 1. The lowest BCUT2D eigenvalue weighted by atomic mass is 10.1. The molecule has 162 valence electrons. The molecule has 0 bridgehead atoms. The molecule has 0 fully saturated rings. The Morgan fingerprint density at radius 3 is 2.30 bits per heavy atom. The molecule has 1 aromatic heterocycles. The van der Waals surface area contributed by atoms with Crippen molar-refractivity contribution in [1.29, 1.82) is 0 Å². The third kappa shape index (κ3) is 6.10. The Hall–Kier alpha value is -3.30. The van der Waals surface area contributed by atoms with Crippen molar-refractivity contribution in [3.8, 4) is 5.75 Å². The first-order valence-corrected chi connectivity index (χ1v) is 8.86. The van der Waals surface area contributed by atoms with Gasteiger partial charge in [-0.15, -0.1) is 0 Å². The van der Waals surface area contributed by atoms with E-state index in [2.05, 4.69) is 5.32 Å². The van der Waals surface area contributed by atoms with Gasteiger partial charge in [0.05, 0.1) is 7.11 Å². The second-order valence-corrected chi connectivity index (χ2v) is 6.48. The molecule has 0 saturated carbocycles. The second-order valence-electron chi connectivity index (χ2n) is 6.48. The first-order valence-electron chi connectivity index (χ1n) is 8.86. The van der Waals surface area contributed by atoms with Crippen molar-refractivity contribution in [2.45, 2.75) is 26.6 Å². The van der Waals surface area contributed by atoms with E-state index in [1.54, 1.807) is 12.1 Å².